The van der Waals surface area contributed by atoms with Gasteiger partial charge in [0, 0.05) is 17.5 Å². The molecule has 0 saturated heterocycles. The molecule has 4 nitrogen and oxygen atoms in total. The summed E-state index contributed by atoms with van der Waals surface area (Å²) in [7, 11) is 0. The van der Waals surface area contributed by atoms with Crippen molar-refractivity contribution in [3.05, 3.63) is 81.7 Å². The third kappa shape index (κ3) is 2.64. The standard InChI is InChI=1S/C21H19NO3/c1-21(2)12-15-8-3-4-9-16(15)13-22(21)19(23)17-11-14-7-5-6-10-18(14)25-20(17)24/h3-11H,12-13H2,1-2H3. The largest absolute Gasteiger partial charge is 0.422 e. The molecule has 2 aromatic carbocycles. The fourth-order valence-corrected chi connectivity index (χ4v) is 3.53. The first-order valence-electron chi connectivity index (χ1n) is 8.37. The van der Waals surface area contributed by atoms with Gasteiger partial charge in [0.2, 0.25) is 0 Å². The summed E-state index contributed by atoms with van der Waals surface area (Å²) in [4.78, 5) is 27.3. The van der Waals surface area contributed by atoms with Gasteiger partial charge in [0.15, 0.2) is 0 Å². The monoisotopic (exact) mass is 333 g/mol. The summed E-state index contributed by atoms with van der Waals surface area (Å²) in [6.07, 6.45) is 0.758. The number of carbonyl (C=O) groups is 1. The van der Waals surface area contributed by atoms with Gasteiger partial charge in [0.25, 0.3) is 5.91 Å². The summed E-state index contributed by atoms with van der Waals surface area (Å²) in [6, 6.07) is 17.0. The van der Waals surface area contributed by atoms with Crippen LogP contribution in [0.15, 0.2) is 63.8 Å². The molecule has 0 saturated carbocycles. The normalized spacial score (nSPS) is 15.8. The number of fused-ring (bicyclic) bond motifs is 2. The summed E-state index contributed by atoms with van der Waals surface area (Å²) in [5.74, 6) is -0.279. The molecule has 0 unspecified atom stereocenters. The Morgan fingerprint density at radius 1 is 1.04 bits per heavy atom. The Balaban J connectivity index is 1.78. The Morgan fingerprint density at radius 2 is 1.72 bits per heavy atom. The predicted molar refractivity (Wildman–Crippen MR) is 96.6 cm³/mol. The van der Waals surface area contributed by atoms with Crippen molar-refractivity contribution in [3.63, 3.8) is 0 Å². The molecule has 1 amide bonds. The summed E-state index contributed by atoms with van der Waals surface area (Å²) < 4.78 is 5.34. The number of hydrogen-bond acceptors (Lipinski definition) is 3. The zero-order chi connectivity index (χ0) is 17.6. The molecule has 1 aliphatic heterocycles. The Labute approximate surface area is 145 Å². The summed E-state index contributed by atoms with van der Waals surface area (Å²) in [5, 5.41) is 0.751. The molecule has 126 valence electrons. The van der Waals surface area contributed by atoms with Crippen molar-refractivity contribution in [3.8, 4) is 0 Å². The molecule has 0 fully saturated rings. The number of benzene rings is 2. The molecule has 1 aliphatic rings. The van der Waals surface area contributed by atoms with E-state index in [1.807, 2.05) is 44.2 Å². The molecular weight excluding hydrogens is 314 g/mol. The van der Waals surface area contributed by atoms with E-state index in [1.54, 1.807) is 23.1 Å². The fraction of sp³-hybridized carbons (Fsp3) is 0.238. The smallest absolute Gasteiger partial charge is 0.349 e. The SMILES string of the molecule is CC1(C)Cc2ccccc2CN1C(=O)c1cc2ccccc2oc1=O. The maximum atomic E-state index is 13.2. The van der Waals surface area contributed by atoms with Crippen molar-refractivity contribution in [2.45, 2.75) is 32.4 Å². The van der Waals surface area contributed by atoms with Gasteiger partial charge in [0.05, 0.1) is 0 Å². The molecule has 0 radical (unpaired) electrons. The zero-order valence-corrected chi connectivity index (χ0v) is 14.3. The Hall–Kier alpha value is -2.88. The second-order valence-electron chi connectivity index (χ2n) is 7.13. The highest BCUT2D eigenvalue weighted by Gasteiger charge is 2.37. The van der Waals surface area contributed by atoms with Gasteiger partial charge in [-0.2, -0.15) is 0 Å². The van der Waals surface area contributed by atoms with Crippen molar-refractivity contribution in [1.82, 2.24) is 4.90 Å². The van der Waals surface area contributed by atoms with Crippen LogP contribution in [0.1, 0.15) is 35.3 Å². The van der Waals surface area contributed by atoms with Crippen LogP contribution < -0.4 is 5.63 Å². The molecule has 2 heterocycles. The first-order valence-corrected chi connectivity index (χ1v) is 8.37. The van der Waals surface area contributed by atoms with Crippen LogP contribution in [0.3, 0.4) is 0 Å². The molecule has 0 bridgehead atoms. The topological polar surface area (TPSA) is 50.5 Å². The van der Waals surface area contributed by atoms with Crippen molar-refractivity contribution >= 4 is 16.9 Å². The maximum absolute atomic E-state index is 13.2. The van der Waals surface area contributed by atoms with Crippen molar-refractivity contribution < 1.29 is 9.21 Å². The molecule has 1 aromatic heterocycles. The Bertz CT molecular complexity index is 1030. The first kappa shape index (κ1) is 15.6. The minimum Gasteiger partial charge on any atom is -0.422 e. The van der Waals surface area contributed by atoms with Crippen LogP contribution in [-0.4, -0.2) is 16.3 Å². The maximum Gasteiger partial charge on any atom is 0.349 e. The van der Waals surface area contributed by atoms with Crippen LogP contribution in [-0.2, 0) is 13.0 Å². The quantitative estimate of drug-likeness (QED) is 0.637. The molecule has 0 aliphatic carbocycles. The second-order valence-corrected chi connectivity index (χ2v) is 7.13. The Kier molecular flexibility index (Phi) is 3.49. The lowest BCUT2D eigenvalue weighted by Crippen LogP contribution is -2.52. The summed E-state index contributed by atoms with van der Waals surface area (Å²) >= 11 is 0. The van der Waals surface area contributed by atoms with E-state index < -0.39 is 5.63 Å². The zero-order valence-electron chi connectivity index (χ0n) is 14.3. The highest BCUT2D eigenvalue weighted by atomic mass is 16.4. The highest BCUT2D eigenvalue weighted by Crippen LogP contribution is 2.31. The lowest BCUT2D eigenvalue weighted by molar-refractivity contribution is 0.0484. The van der Waals surface area contributed by atoms with E-state index >= 15 is 0 Å². The van der Waals surface area contributed by atoms with Crippen LogP contribution in [0.5, 0.6) is 0 Å². The van der Waals surface area contributed by atoms with Gasteiger partial charge in [-0.3, -0.25) is 4.79 Å². The van der Waals surface area contributed by atoms with E-state index in [1.165, 1.54) is 5.56 Å². The molecule has 4 rings (SSSR count). The fourth-order valence-electron chi connectivity index (χ4n) is 3.53. The molecule has 3 aromatic rings. The lowest BCUT2D eigenvalue weighted by Gasteiger charge is -2.43. The van der Waals surface area contributed by atoms with E-state index in [0.29, 0.717) is 12.1 Å². The molecule has 0 N–H and O–H groups in total. The van der Waals surface area contributed by atoms with Gasteiger partial charge in [-0.25, -0.2) is 4.79 Å². The first-order chi connectivity index (χ1) is 12.0. The average Bonchev–Trinajstić information content (AvgIpc) is 2.59. The third-order valence-electron chi connectivity index (χ3n) is 4.92. The van der Waals surface area contributed by atoms with Crippen LogP contribution in [0.2, 0.25) is 0 Å². The minimum atomic E-state index is -0.585. The molecule has 25 heavy (non-hydrogen) atoms. The van der Waals surface area contributed by atoms with Crippen molar-refractivity contribution in [2.24, 2.45) is 0 Å². The van der Waals surface area contributed by atoms with Crippen LogP contribution in [0.25, 0.3) is 11.0 Å². The lowest BCUT2D eigenvalue weighted by atomic mass is 9.85. The van der Waals surface area contributed by atoms with Gasteiger partial charge in [-0.15, -0.1) is 0 Å². The minimum absolute atomic E-state index is 0.0890. The molecule has 4 heteroatoms. The molecule has 0 atom stereocenters. The van der Waals surface area contributed by atoms with Gasteiger partial charge in [-0.05, 0) is 43.5 Å². The average molecular weight is 333 g/mol. The van der Waals surface area contributed by atoms with Crippen molar-refractivity contribution in [1.29, 1.82) is 0 Å². The van der Waals surface area contributed by atoms with Crippen LogP contribution >= 0.6 is 0 Å². The van der Waals surface area contributed by atoms with E-state index in [0.717, 1.165) is 17.4 Å². The van der Waals surface area contributed by atoms with Crippen molar-refractivity contribution in [2.75, 3.05) is 0 Å². The summed E-state index contributed by atoms with van der Waals surface area (Å²) in [6.45, 7) is 4.56. The van der Waals surface area contributed by atoms with E-state index in [-0.39, 0.29) is 17.0 Å². The number of rotatable bonds is 1. The number of para-hydroxylation sites is 1. The van der Waals surface area contributed by atoms with E-state index in [4.69, 9.17) is 4.42 Å². The second kappa shape index (κ2) is 5.59. The van der Waals surface area contributed by atoms with Gasteiger partial charge in [-0.1, -0.05) is 42.5 Å². The number of hydrogen-bond donors (Lipinski definition) is 0. The van der Waals surface area contributed by atoms with Crippen LogP contribution in [0.4, 0.5) is 0 Å². The van der Waals surface area contributed by atoms with Gasteiger partial charge in [0.1, 0.15) is 11.1 Å². The Morgan fingerprint density at radius 3 is 2.52 bits per heavy atom. The number of nitrogens with zero attached hydrogens (tertiary/aromatic N) is 1. The van der Waals surface area contributed by atoms with Gasteiger partial charge >= 0.3 is 5.63 Å². The van der Waals surface area contributed by atoms with E-state index in [9.17, 15) is 9.59 Å². The van der Waals surface area contributed by atoms with Crippen LogP contribution in [0, 0.1) is 0 Å². The predicted octanol–water partition coefficient (Wildman–Crippen LogP) is 3.77. The molecule has 0 spiro atoms. The van der Waals surface area contributed by atoms with E-state index in [2.05, 4.69) is 6.07 Å². The van der Waals surface area contributed by atoms with Gasteiger partial charge < -0.3 is 9.32 Å². The summed E-state index contributed by atoms with van der Waals surface area (Å²) in [5.41, 5.74) is 2.00. The highest BCUT2D eigenvalue weighted by molar-refractivity contribution is 5.97. The molecular formula is C21H19NO3. The number of amides is 1. The number of carbonyl (C=O) groups excluding carboxylic acids is 1. The third-order valence-corrected chi connectivity index (χ3v) is 4.92.